The molecule has 0 fully saturated rings. The fourth-order valence-electron chi connectivity index (χ4n) is 2.65. The summed E-state index contributed by atoms with van der Waals surface area (Å²) in [5.41, 5.74) is 0.746. The molecular formula is C21H29N3O5S. The minimum absolute atomic E-state index is 0.0700. The number of hydrogen-bond donors (Lipinski definition) is 3. The number of rotatable bonds is 8. The molecule has 1 heterocycles. The minimum Gasteiger partial charge on any atom is -0.438 e. The van der Waals surface area contributed by atoms with E-state index >= 15 is 0 Å². The Morgan fingerprint density at radius 3 is 2.43 bits per heavy atom. The molecule has 0 aliphatic heterocycles. The zero-order chi connectivity index (χ0) is 22.5. The number of benzene rings is 1. The third-order valence-corrected chi connectivity index (χ3v) is 5.40. The second-order valence-electron chi connectivity index (χ2n) is 8.50. The van der Waals surface area contributed by atoms with Crippen molar-refractivity contribution in [2.24, 2.45) is 5.92 Å². The molecule has 30 heavy (non-hydrogen) atoms. The summed E-state index contributed by atoms with van der Waals surface area (Å²) in [4.78, 5) is 24.2. The van der Waals surface area contributed by atoms with Gasteiger partial charge in [0.1, 0.15) is 0 Å². The monoisotopic (exact) mass is 435 g/mol. The predicted octanol–water partition coefficient (Wildman–Crippen LogP) is 3.27. The number of carbonyl (C=O) groups excluding carboxylic acids is 2. The van der Waals surface area contributed by atoms with Gasteiger partial charge in [0.25, 0.3) is 15.9 Å². The van der Waals surface area contributed by atoms with E-state index in [4.69, 9.17) is 4.42 Å². The largest absolute Gasteiger partial charge is 0.438 e. The number of carbonyl (C=O) groups is 2. The van der Waals surface area contributed by atoms with Gasteiger partial charge in [0, 0.05) is 24.2 Å². The van der Waals surface area contributed by atoms with E-state index in [1.54, 1.807) is 39.0 Å². The van der Waals surface area contributed by atoms with Gasteiger partial charge in [0.2, 0.25) is 11.0 Å². The van der Waals surface area contributed by atoms with Crippen LogP contribution in [0.15, 0.2) is 45.9 Å². The summed E-state index contributed by atoms with van der Waals surface area (Å²) in [6.07, 6.45) is 0.425. The highest BCUT2D eigenvalue weighted by Crippen LogP contribution is 2.17. The van der Waals surface area contributed by atoms with Crippen LogP contribution in [0.5, 0.6) is 0 Å². The van der Waals surface area contributed by atoms with Crippen molar-refractivity contribution in [1.82, 2.24) is 10.0 Å². The zero-order valence-corrected chi connectivity index (χ0v) is 18.7. The number of furan rings is 1. The Morgan fingerprint density at radius 1 is 1.10 bits per heavy atom. The molecule has 0 atom stereocenters. The standard InChI is InChI=1S/C21H29N3O5S/c1-14(2)11-18(25)23-16-8-6-7-15(12-16)13-22-20(26)17-9-10-19(29-17)30(27,28)24-21(3,4)5/h6-10,12,14,24H,11,13H2,1-5H3,(H,22,26)(H,23,25). The second kappa shape index (κ2) is 9.44. The van der Waals surface area contributed by atoms with Crippen molar-refractivity contribution in [3.63, 3.8) is 0 Å². The summed E-state index contributed by atoms with van der Waals surface area (Å²) < 4.78 is 32.3. The zero-order valence-electron chi connectivity index (χ0n) is 17.9. The summed E-state index contributed by atoms with van der Waals surface area (Å²) in [5, 5.41) is 5.19. The van der Waals surface area contributed by atoms with Gasteiger partial charge in [-0.25, -0.2) is 13.1 Å². The average molecular weight is 436 g/mol. The minimum atomic E-state index is -3.86. The van der Waals surface area contributed by atoms with E-state index in [0.717, 1.165) is 5.56 Å². The van der Waals surface area contributed by atoms with E-state index in [1.165, 1.54) is 12.1 Å². The Morgan fingerprint density at radius 2 is 1.80 bits per heavy atom. The Balaban J connectivity index is 1.99. The van der Waals surface area contributed by atoms with E-state index in [9.17, 15) is 18.0 Å². The lowest BCUT2D eigenvalue weighted by molar-refractivity contribution is -0.116. The maximum Gasteiger partial charge on any atom is 0.287 e. The molecule has 9 heteroatoms. The van der Waals surface area contributed by atoms with Crippen LogP contribution in [0.25, 0.3) is 0 Å². The van der Waals surface area contributed by atoms with Gasteiger partial charge in [-0.15, -0.1) is 0 Å². The molecule has 0 saturated carbocycles. The van der Waals surface area contributed by atoms with Crippen LogP contribution in [0.4, 0.5) is 5.69 Å². The smallest absolute Gasteiger partial charge is 0.287 e. The molecule has 1 aromatic heterocycles. The van der Waals surface area contributed by atoms with Crippen LogP contribution in [-0.2, 0) is 21.4 Å². The van der Waals surface area contributed by atoms with Crippen molar-refractivity contribution >= 4 is 27.5 Å². The molecular weight excluding hydrogens is 406 g/mol. The van der Waals surface area contributed by atoms with Gasteiger partial charge in [-0.05, 0) is 56.5 Å². The van der Waals surface area contributed by atoms with Gasteiger partial charge >= 0.3 is 0 Å². The normalized spacial score (nSPS) is 12.1. The van der Waals surface area contributed by atoms with E-state index in [1.807, 2.05) is 19.9 Å². The highest BCUT2D eigenvalue weighted by atomic mass is 32.2. The van der Waals surface area contributed by atoms with Crippen LogP contribution in [0.3, 0.4) is 0 Å². The average Bonchev–Trinajstić information content (AvgIpc) is 3.08. The molecule has 1 aromatic carbocycles. The van der Waals surface area contributed by atoms with Crippen molar-refractivity contribution in [1.29, 1.82) is 0 Å². The lowest BCUT2D eigenvalue weighted by Crippen LogP contribution is -2.40. The molecule has 164 valence electrons. The molecule has 2 aromatic rings. The molecule has 0 saturated heterocycles. The van der Waals surface area contributed by atoms with Gasteiger partial charge in [0.15, 0.2) is 5.76 Å². The Labute approximate surface area is 177 Å². The Kier molecular flexibility index (Phi) is 7.44. The molecule has 0 aliphatic rings. The second-order valence-corrected chi connectivity index (χ2v) is 10.1. The van der Waals surface area contributed by atoms with Crippen LogP contribution < -0.4 is 15.4 Å². The van der Waals surface area contributed by atoms with Crippen molar-refractivity contribution in [3.8, 4) is 0 Å². The SMILES string of the molecule is CC(C)CC(=O)Nc1cccc(CNC(=O)c2ccc(S(=O)(=O)NC(C)(C)C)o2)c1. The number of anilines is 1. The first-order valence-electron chi connectivity index (χ1n) is 9.66. The summed E-state index contributed by atoms with van der Waals surface area (Å²) >= 11 is 0. The molecule has 8 nitrogen and oxygen atoms in total. The summed E-state index contributed by atoms with van der Waals surface area (Å²) in [7, 11) is -3.86. The van der Waals surface area contributed by atoms with Crippen LogP contribution in [0.2, 0.25) is 0 Å². The molecule has 2 amide bonds. The molecule has 0 bridgehead atoms. The summed E-state index contributed by atoms with van der Waals surface area (Å²) in [6.45, 7) is 9.25. The molecule has 3 N–H and O–H groups in total. The third-order valence-electron chi connectivity index (χ3n) is 3.77. The first kappa shape index (κ1) is 23.6. The highest BCUT2D eigenvalue weighted by Gasteiger charge is 2.26. The topological polar surface area (TPSA) is 118 Å². The lowest BCUT2D eigenvalue weighted by Gasteiger charge is -2.18. The van der Waals surface area contributed by atoms with Gasteiger partial charge in [0.05, 0.1) is 0 Å². The molecule has 0 aliphatic carbocycles. The van der Waals surface area contributed by atoms with E-state index < -0.39 is 21.5 Å². The number of amides is 2. The van der Waals surface area contributed by atoms with Crippen molar-refractivity contribution in [2.75, 3.05) is 5.32 Å². The Hall–Kier alpha value is -2.65. The van der Waals surface area contributed by atoms with Gasteiger partial charge in [-0.2, -0.15) is 0 Å². The van der Waals surface area contributed by atoms with Gasteiger partial charge in [-0.3, -0.25) is 9.59 Å². The summed E-state index contributed by atoms with van der Waals surface area (Å²) in [5.74, 6) is -0.459. The molecule has 0 radical (unpaired) electrons. The summed E-state index contributed by atoms with van der Waals surface area (Å²) in [6, 6.07) is 9.69. The van der Waals surface area contributed by atoms with Crippen LogP contribution >= 0.6 is 0 Å². The lowest BCUT2D eigenvalue weighted by atomic mass is 10.1. The number of nitrogens with one attached hydrogen (secondary N) is 3. The van der Waals surface area contributed by atoms with Crippen LogP contribution in [-0.4, -0.2) is 25.8 Å². The third kappa shape index (κ3) is 7.31. The maximum absolute atomic E-state index is 12.3. The van der Waals surface area contributed by atoms with Gasteiger partial charge in [-0.1, -0.05) is 26.0 Å². The van der Waals surface area contributed by atoms with Crippen molar-refractivity contribution in [3.05, 3.63) is 47.7 Å². The quantitative estimate of drug-likeness (QED) is 0.588. The first-order chi connectivity index (χ1) is 13.9. The first-order valence-corrected chi connectivity index (χ1v) is 11.1. The van der Waals surface area contributed by atoms with E-state index in [2.05, 4.69) is 15.4 Å². The molecule has 2 rings (SSSR count). The van der Waals surface area contributed by atoms with E-state index in [-0.39, 0.29) is 29.2 Å². The Bertz CT molecular complexity index is 1000. The number of hydrogen-bond acceptors (Lipinski definition) is 5. The highest BCUT2D eigenvalue weighted by molar-refractivity contribution is 7.89. The van der Waals surface area contributed by atoms with Crippen molar-refractivity contribution < 1.29 is 22.4 Å². The van der Waals surface area contributed by atoms with Crippen LogP contribution in [0.1, 0.15) is 57.2 Å². The predicted molar refractivity (Wildman–Crippen MR) is 114 cm³/mol. The maximum atomic E-state index is 12.3. The van der Waals surface area contributed by atoms with E-state index in [0.29, 0.717) is 12.1 Å². The van der Waals surface area contributed by atoms with Crippen LogP contribution in [0, 0.1) is 5.92 Å². The van der Waals surface area contributed by atoms with Gasteiger partial charge < -0.3 is 15.1 Å². The molecule has 0 spiro atoms. The number of sulfonamides is 1. The molecule has 0 unspecified atom stereocenters. The fraction of sp³-hybridized carbons (Fsp3) is 0.429. The fourth-order valence-corrected chi connectivity index (χ4v) is 4.00. The van der Waals surface area contributed by atoms with Crippen molar-refractivity contribution in [2.45, 2.75) is 58.2 Å².